The fourth-order valence-corrected chi connectivity index (χ4v) is 2.47. The minimum absolute atomic E-state index is 0.224. The van der Waals surface area contributed by atoms with Crippen LogP contribution < -0.4 is 5.32 Å². The first-order valence-corrected chi connectivity index (χ1v) is 7.52. The Hall–Kier alpha value is -2.34. The summed E-state index contributed by atoms with van der Waals surface area (Å²) in [5, 5.41) is 2.66. The lowest BCUT2D eigenvalue weighted by Crippen LogP contribution is -2.16. The standard InChI is InChI=1S/C16H14BrN3O2/c1-20-14-9-12(17)7-8-13(14)18-15(20)19-16(21)22-10-11-5-3-2-4-6-11/h2-9H,10H2,1H3,(H,18,19,21). The summed E-state index contributed by atoms with van der Waals surface area (Å²) in [6, 6.07) is 15.3. The molecule has 3 aromatic rings. The first-order chi connectivity index (χ1) is 10.6. The quantitative estimate of drug-likeness (QED) is 0.766. The smallest absolute Gasteiger partial charge is 0.414 e. The number of imidazole rings is 1. The Morgan fingerprint density at radius 3 is 2.82 bits per heavy atom. The van der Waals surface area contributed by atoms with Crippen LogP contribution in [0.3, 0.4) is 0 Å². The van der Waals surface area contributed by atoms with E-state index in [4.69, 9.17) is 4.74 Å². The number of nitrogens with zero attached hydrogens (tertiary/aromatic N) is 2. The Labute approximate surface area is 136 Å². The highest BCUT2D eigenvalue weighted by Gasteiger charge is 2.11. The number of rotatable bonds is 3. The minimum atomic E-state index is -0.527. The number of ether oxygens (including phenoxy) is 1. The van der Waals surface area contributed by atoms with E-state index in [9.17, 15) is 4.79 Å². The summed E-state index contributed by atoms with van der Waals surface area (Å²) in [4.78, 5) is 16.3. The van der Waals surface area contributed by atoms with E-state index < -0.39 is 6.09 Å². The monoisotopic (exact) mass is 359 g/mol. The summed E-state index contributed by atoms with van der Waals surface area (Å²) in [6.07, 6.45) is -0.527. The molecule has 5 nitrogen and oxygen atoms in total. The van der Waals surface area contributed by atoms with Crippen LogP contribution in [0.5, 0.6) is 0 Å². The molecule has 0 atom stereocenters. The van der Waals surface area contributed by atoms with Crippen molar-refractivity contribution < 1.29 is 9.53 Å². The second-order valence-corrected chi connectivity index (χ2v) is 5.73. The van der Waals surface area contributed by atoms with Gasteiger partial charge in [0.1, 0.15) is 6.61 Å². The summed E-state index contributed by atoms with van der Waals surface area (Å²) >= 11 is 3.42. The number of nitrogens with one attached hydrogen (secondary N) is 1. The molecule has 0 saturated carbocycles. The SMILES string of the molecule is Cn1c(NC(=O)OCc2ccccc2)nc2ccc(Br)cc21. The second-order valence-electron chi connectivity index (χ2n) is 4.81. The molecule has 22 heavy (non-hydrogen) atoms. The zero-order valence-corrected chi connectivity index (χ0v) is 13.5. The van der Waals surface area contributed by atoms with Crippen LogP contribution in [-0.2, 0) is 18.4 Å². The van der Waals surface area contributed by atoms with Gasteiger partial charge in [0.15, 0.2) is 0 Å². The van der Waals surface area contributed by atoms with Crippen molar-refractivity contribution in [2.75, 3.05) is 5.32 Å². The maximum absolute atomic E-state index is 11.9. The van der Waals surface area contributed by atoms with Gasteiger partial charge in [-0.3, -0.25) is 5.32 Å². The molecule has 1 N–H and O–H groups in total. The van der Waals surface area contributed by atoms with Crippen LogP contribution in [0.25, 0.3) is 11.0 Å². The van der Waals surface area contributed by atoms with Gasteiger partial charge in [0.25, 0.3) is 0 Å². The lowest BCUT2D eigenvalue weighted by molar-refractivity contribution is 0.155. The molecule has 0 aliphatic heterocycles. The van der Waals surface area contributed by atoms with E-state index in [2.05, 4.69) is 26.2 Å². The maximum Gasteiger partial charge on any atom is 0.414 e. The van der Waals surface area contributed by atoms with Crippen LogP contribution >= 0.6 is 15.9 Å². The van der Waals surface area contributed by atoms with Gasteiger partial charge in [-0.1, -0.05) is 46.3 Å². The predicted molar refractivity (Wildman–Crippen MR) is 88.7 cm³/mol. The van der Waals surface area contributed by atoms with Crippen LogP contribution in [0.2, 0.25) is 0 Å². The van der Waals surface area contributed by atoms with Crippen molar-refractivity contribution in [3.05, 3.63) is 58.6 Å². The fourth-order valence-electron chi connectivity index (χ4n) is 2.13. The van der Waals surface area contributed by atoms with E-state index in [0.29, 0.717) is 5.95 Å². The zero-order valence-electron chi connectivity index (χ0n) is 11.9. The topological polar surface area (TPSA) is 56.2 Å². The Morgan fingerprint density at radius 1 is 1.27 bits per heavy atom. The number of aryl methyl sites for hydroxylation is 1. The highest BCUT2D eigenvalue weighted by atomic mass is 79.9. The zero-order chi connectivity index (χ0) is 15.5. The van der Waals surface area contributed by atoms with Gasteiger partial charge in [-0.25, -0.2) is 9.78 Å². The molecule has 0 aliphatic carbocycles. The number of aromatic nitrogens is 2. The Kier molecular flexibility index (Phi) is 4.11. The van der Waals surface area contributed by atoms with E-state index >= 15 is 0 Å². The number of carbonyl (C=O) groups excluding carboxylic acids is 1. The molecule has 0 unspecified atom stereocenters. The maximum atomic E-state index is 11.9. The van der Waals surface area contributed by atoms with E-state index in [-0.39, 0.29) is 6.61 Å². The number of halogens is 1. The molecule has 0 saturated heterocycles. The van der Waals surface area contributed by atoms with Crippen LogP contribution in [-0.4, -0.2) is 15.6 Å². The van der Waals surface area contributed by atoms with Gasteiger partial charge in [0, 0.05) is 11.5 Å². The first-order valence-electron chi connectivity index (χ1n) is 6.73. The number of benzene rings is 2. The van der Waals surface area contributed by atoms with Gasteiger partial charge >= 0.3 is 6.09 Å². The highest BCUT2D eigenvalue weighted by Crippen LogP contribution is 2.22. The van der Waals surface area contributed by atoms with E-state index in [1.165, 1.54) is 0 Å². The number of fused-ring (bicyclic) bond motifs is 1. The molecule has 1 amide bonds. The molecule has 1 aromatic heterocycles. The molecular formula is C16H14BrN3O2. The molecule has 2 aromatic carbocycles. The molecule has 0 radical (unpaired) electrons. The third-order valence-electron chi connectivity index (χ3n) is 3.27. The van der Waals surface area contributed by atoms with Gasteiger partial charge in [-0.15, -0.1) is 0 Å². The van der Waals surface area contributed by atoms with Gasteiger partial charge in [-0.2, -0.15) is 0 Å². The highest BCUT2D eigenvalue weighted by molar-refractivity contribution is 9.10. The molecule has 0 spiro atoms. The summed E-state index contributed by atoms with van der Waals surface area (Å²) in [6.45, 7) is 0.224. The van der Waals surface area contributed by atoms with E-state index in [1.54, 1.807) is 0 Å². The van der Waals surface area contributed by atoms with Gasteiger partial charge < -0.3 is 9.30 Å². The van der Waals surface area contributed by atoms with Crippen LogP contribution in [0.1, 0.15) is 5.56 Å². The fraction of sp³-hybridized carbons (Fsp3) is 0.125. The second kappa shape index (κ2) is 6.19. The Balaban J connectivity index is 1.70. The molecular weight excluding hydrogens is 346 g/mol. The van der Waals surface area contributed by atoms with Gasteiger partial charge in [0.05, 0.1) is 11.0 Å². The van der Waals surface area contributed by atoms with Gasteiger partial charge in [0.2, 0.25) is 5.95 Å². The minimum Gasteiger partial charge on any atom is -0.444 e. The van der Waals surface area contributed by atoms with Crippen LogP contribution in [0.4, 0.5) is 10.7 Å². The van der Waals surface area contributed by atoms with Crippen molar-refractivity contribution in [1.29, 1.82) is 0 Å². The number of hydrogen-bond acceptors (Lipinski definition) is 3. The summed E-state index contributed by atoms with van der Waals surface area (Å²) in [7, 11) is 1.84. The third kappa shape index (κ3) is 3.12. The Morgan fingerprint density at radius 2 is 2.05 bits per heavy atom. The number of amides is 1. The average molecular weight is 360 g/mol. The molecule has 0 bridgehead atoms. The number of hydrogen-bond donors (Lipinski definition) is 1. The molecule has 0 fully saturated rings. The van der Waals surface area contributed by atoms with E-state index in [1.807, 2.05) is 60.1 Å². The summed E-state index contributed by atoms with van der Waals surface area (Å²) < 4.78 is 7.96. The predicted octanol–water partition coefficient (Wildman–Crippen LogP) is 4.08. The van der Waals surface area contributed by atoms with Crippen molar-refractivity contribution >= 4 is 39.0 Å². The molecule has 1 heterocycles. The van der Waals surface area contributed by atoms with Gasteiger partial charge in [-0.05, 0) is 23.8 Å². The molecule has 0 aliphatic rings. The summed E-state index contributed by atoms with van der Waals surface area (Å²) in [5.41, 5.74) is 2.67. The van der Waals surface area contributed by atoms with Crippen LogP contribution in [0, 0.1) is 0 Å². The molecule has 3 rings (SSSR count). The van der Waals surface area contributed by atoms with Crippen molar-refractivity contribution in [3.63, 3.8) is 0 Å². The normalized spacial score (nSPS) is 10.6. The largest absolute Gasteiger partial charge is 0.444 e. The van der Waals surface area contributed by atoms with E-state index in [0.717, 1.165) is 21.1 Å². The van der Waals surface area contributed by atoms with Crippen molar-refractivity contribution in [1.82, 2.24) is 9.55 Å². The summed E-state index contributed by atoms with van der Waals surface area (Å²) in [5.74, 6) is 0.450. The third-order valence-corrected chi connectivity index (χ3v) is 3.76. The van der Waals surface area contributed by atoms with Crippen LogP contribution in [0.15, 0.2) is 53.0 Å². The van der Waals surface area contributed by atoms with Crippen molar-refractivity contribution in [2.24, 2.45) is 7.05 Å². The number of carbonyl (C=O) groups is 1. The Bertz CT molecular complexity index is 815. The number of anilines is 1. The van der Waals surface area contributed by atoms with Crippen molar-refractivity contribution in [3.8, 4) is 0 Å². The lowest BCUT2D eigenvalue weighted by atomic mass is 10.2. The first kappa shape index (κ1) is 14.6. The molecule has 112 valence electrons. The average Bonchev–Trinajstić information content (AvgIpc) is 2.82. The molecule has 6 heteroatoms. The van der Waals surface area contributed by atoms with Crippen molar-refractivity contribution in [2.45, 2.75) is 6.61 Å². The lowest BCUT2D eigenvalue weighted by Gasteiger charge is -2.07.